The van der Waals surface area contributed by atoms with Crippen LogP contribution in [0.2, 0.25) is 0 Å². The molecule has 0 radical (unpaired) electrons. The average Bonchev–Trinajstić information content (AvgIpc) is 3.59. The van der Waals surface area contributed by atoms with Gasteiger partial charge in [0.2, 0.25) is 0 Å². The van der Waals surface area contributed by atoms with E-state index in [-0.39, 0.29) is 18.3 Å². The van der Waals surface area contributed by atoms with Crippen molar-refractivity contribution >= 4 is 7.82 Å². The summed E-state index contributed by atoms with van der Waals surface area (Å²) in [5.74, 6) is 0. The molecule has 3 heterocycles. The molecule has 0 aliphatic carbocycles. The van der Waals surface area contributed by atoms with Crippen molar-refractivity contribution in [2.75, 3.05) is 19.8 Å². The maximum Gasteiger partial charge on any atom is 0.476 e. The highest BCUT2D eigenvalue weighted by atomic mass is 31.2. The predicted molar refractivity (Wildman–Crippen MR) is 110 cm³/mol. The number of phosphoric acid groups is 1. The first kappa shape index (κ1) is 23.6. The Morgan fingerprint density at radius 2 is 0.828 bits per heavy atom. The van der Waals surface area contributed by atoms with Crippen LogP contribution < -0.4 is 0 Å². The van der Waals surface area contributed by atoms with Crippen LogP contribution in [0.5, 0.6) is 0 Å². The number of epoxide rings is 3. The molecule has 7 nitrogen and oxygen atoms in total. The van der Waals surface area contributed by atoms with Gasteiger partial charge in [0.05, 0.1) is 19.8 Å². The summed E-state index contributed by atoms with van der Waals surface area (Å²) in [6.07, 6.45) is 3.76. The monoisotopic (exact) mass is 434 g/mol. The molecule has 29 heavy (non-hydrogen) atoms. The second-order valence-corrected chi connectivity index (χ2v) is 9.94. The van der Waals surface area contributed by atoms with Crippen molar-refractivity contribution in [1.29, 1.82) is 0 Å². The maximum atomic E-state index is 14.4. The Morgan fingerprint density at radius 1 is 0.621 bits per heavy atom. The third-order valence-corrected chi connectivity index (χ3v) is 8.99. The lowest BCUT2D eigenvalue weighted by molar-refractivity contribution is -0.0922. The second kappa shape index (κ2) is 8.85. The van der Waals surface area contributed by atoms with Gasteiger partial charge < -0.3 is 14.2 Å². The van der Waals surface area contributed by atoms with Gasteiger partial charge in [-0.05, 0) is 38.5 Å². The minimum atomic E-state index is -3.96. The van der Waals surface area contributed by atoms with Gasteiger partial charge in [0.15, 0.2) is 0 Å². The zero-order valence-electron chi connectivity index (χ0n) is 18.9. The molecular formula is C21H39O7P. The molecule has 0 N–H and O–H groups in total. The van der Waals surface area contributed by atoms with Crippen LogP contribution in [0.1, 0.15) is 80.1 Å². The van der Waals surface area contributed by atoms with Crippen molar-refractivity contribution in [3.05, 3.63) is 0 Å². The van der Waals surface area contributed by atoms with Gasteiger partial charge in [0.1, 0.15) is 35.1 Å². The summed E-state index contributed by atoms with van der Waals surface area (Å²) in [5.41, 5.74) is -2.07. The summed E-state index contributed by atoms with van der Waals surface area (Å²) in [6.45, 7) is 14.0. The minimum absolute atomic E-state index is 0.0809. The molecular weight excluding hydrogens is 395 g/mol. The van der Waals surface area contributed by atoms with Gasteiger partial charge in [0.25, 0.3) is 0 Å². The molecule has 3 saturated heterocycles. The number of hydrogen-bond donors (Lipinski definition) is 0. The molecule has 0 bridgehead atoms. The van der Waals surface area contributed by atoms with E-state index in [0.717, 1.165) is 0 Å². The lowest BCUT2D eigenvalue weighted by Crippen LogP contribution is -2.44. The lowest BCUT2D eigenvalue weighted by atomic mass is 9.94. The Hall–Kier alpha value is -0.0100. The van der Waals surface area contributed by atoms with Crippen LogP contribution in [-0.2, 0) is 32.3 Å². The molecule has 0 aromatic carbocycles. The Morgan fingerprint density at radius 3 is 0.966 bits per heavy atom. The van der Waals surface area contributed by atoms with Gasteiger partial charge in [-0.1, -0.05) is 41.5 Å². The van der Waals surface area contributed by atoms with Crippen molar-refractivity contribution in [3.63, 3.8) is 0 Å². The topological polar surface area (TPSA) is 82.4 Å². The van der Waals surface area contributed by atoms with E-state index in [2.05, 4.69) is 0 Å². The molecule has 3 aliphatic heterocycles. The molecule has 0 saturated carbocycles. The first-order chi connectivity index (χ1) is 13.8. The molecule has 3 aliphatic rings. The van der Waals surface area contributed by atoms with Crippen molar-refractivity contribution in [2.24, 2.45) is 0 Å². The highest BCUT2D eigenvalue weighted by molar-refractivity contribution is 7.48. The molecule has 3 fully saturated rings. The van der Waals surface area contributed by atoms with Crippen LogP contribution in [-0.4, -0.2) is 54.9 Å². The summed E-state index contributed by atoms with van der Waals surface area (Å²) in [6, 6.07) is 0. The fourth-order valence-corrected chi connectivity index (χ4v) is 7.03. The van der Waals surface area contributed by atoms with Crippen molar-refractivity contribution < 1.29 is 32.3 Å². The van der Waals surface area contributed by atoms with Gasteiger partial charge in [0, 0.05) is 0 Å². The molecule has 170 valence electrons. The van der Waals surface area contributed by atoms with E-state index in [0.29, 0.717) is 58.3 Å². The number of ether oxygens (including phenoxy) is 3. The summed E-state index contributed by atoms with van der Waals surface area (Å²) in [5, 5.41) is 0. The van der Waals surface area contributed by atoms with Crippen LogP contribution in [0.25, 0.3) is 0 Å². The highest BCUT2D eigenvalue weighted by Gasteiger charge is 2.59. The summed E-state index contributed by atoms with van der Waals surface area (Å²) in [4.78, 5) is 0. The zero-order valence-corrected chi connectivity index (χ0v) is 19.8. The van der Waals surface area contributed by atoms with Gasteiger partial charge in [-0.2, -0.15) is 0 Å². The van der Waals surface area contributed by atoms with Crippen molar-refractivity contribution in [1.82, 2.24) is 0 Å². The van der Waals surface area contributed by atoms with Crippen LogP contribution in [0.3, 0.4) is 0 Å². The Kier molecular flexibility index (Phi) is 7.22. The van der Waals surface area contributed by atoms with Crippen LogP contribution >= 0.6 is 7.82 Å². The van der Waals surface area contributed by atoms with Crippen molar-refractivity contribution in [2.45, 2.75) is 115 Å². The van der Waals surface area contributed by atoms with E-state index in [1.54, 1.807) is 0 Å². The van der Waals surface area contributed by atoms with E-state index >= 15 is 0 Å². The Labute approximate surface area is 175 Å². The first-order valence-corrected chi connectivity index (χ1v) is 12.8. The van der Waals surface area contributed by atoms with E-state index < -0.39 is 24.6 Å². The van der Waals surface area contributed by atoms with Crippen molar-refractivity contribution in [3.8, 4) is 0 Å². The van der Waals surface area contributed by atoms with Gasteiger partial charge in [-0.3, -0.25) is 13.6 Å². The Balaban J connectivity index is 1.94. The number of rotatable bonds is 15. The van der Waals surface area contributed by atoms with E-state index in [1.165, 1.54) is 0 Å². The predicted octanol–water partition coefficient (Wildman–Crippen LogP) is 5.02. The number of phosphoric ester groups is 1. The minimum Gasteiger partial charge on any atom is -0.370 e. The zero-order chi connectivity index (χ0) is 21.3. The average molecular weight is 435 g/mol. The summed E-state index contributed by atoms with van der Waals surface area (Å²) in [7, 11) is -3.96. The maximum absolute atomic E-state index is 14.4. The molecule has 3 unspecified atom stereocenters. The normalized spacial score (nSPS) is 28.8. The second-order valence-electron chi connectivity index (χ2n) is 8.50. The van der Waals surface area contributed by atoms with Crippen LogP contribution in [0.15, 0.2) is 0 Å². The molecule has 0 aromatic heterocycles. The molecule has 3 rings (SSSR count). The standard InChI is InChI=1S/C21H39O7P/c1-7-19(8-2,16-13-23-16)26-29(22,27-20(9-3,10-4)17-14-24-17)28-21(11-5,12-6)18-15-25-18/h16-18H,7-15H2,1-6H3. The van der Waals surface area contributed by atoms with E-state index in [4.69, 9.17) is 27.8 Å². The van der Waals surface area contributed by atoms with E-state index in [1.807, 2.05) is 41.5 Å². The van der Waals surface area contributed by atoms with Crippen LogP contribution in [0.4, 0.5) is 0 Å². The quantitative estimate of drug-likeness (QED) is 0.264. The highest BCUT2D eigenvalue weighted by Crippen LogP contribution is 2.64. The number of hydrogen-bond acceptors (Lipinski definition) is 7. The van der Waals surface area contributed by atoms with Gasteiger partial charge in [-0.15, -0.1) is 0 Å². The SMILES string of the molecule is CCC(CC)(OP(=O)(OC(CC)(CC)C1CO1)OC(CC)(CC)C1CO1)C1CO1. The first-order valence-electron chi connectivity index (χ1n) is 11.4. The largest absolute Gasteiger partial charge is 0.476 e. The molecule has 0 spiro atoms. The van der Waals surface area contributed by atoms with Gasteiger partial charge >= 0.3 is 7.82 Å². The Bertz CT molecular complexity index is 505. The van der Waals surface area contributed by atoms with E-state index in [9.17, 15) is 4.57 Å². The lowest BCUT2D eigenvalue weighted by Gasteiger charge is -2.42. The van der Waals surface area contributed by atoms with Crippen LogP contribution in [0, 0.1) is 0 Å². The third kappa shape index (κ3) is 4.77. The fraction of sp³-hybridized carbons (Fsp3) is 1.00. The smallest absolute Gasteiger partial charge is 0.370 e. The third-order valence-electron chi connectivity index (χ3n) is 7.23. The molecule has 8 heteroatoms. The summed E-state index contributed by atoms with van der Waals surface area (Å²) < 4.78 is 50.3. The van der Waals surface area contributed by atoms with Gasteiger partial charge in [-0.25, -0.2) is 4.57 Å². The fourth-order valence-electron chi connectivity index (χ4n) is 4.46. The summed E-state index contributed by atoms with van der Waals surface area (Å²) >= 11 is 0. The molecule has 0 aromatic rings. The molecule has 3 atom stereocenters. The molecule has 0 amide bonds.